The van der Waals surface area contributed by atoms with E-state index in [1.165, 1.54) is 0 Å². The molecule has 1 aliphatic carbocycles. The quantitative estimate of drug-likeness (QED) is 0.498. The van der Waals surface area contributed by atoms with E-state index in [0.717, 1.165) is 21.9 Å². The number of allylic oxidation sites excluding steroid dienone is 1. The van der Waals surface area contributed by atoms with E-state index in [1.807, 2.05) is 60.0 Å². The molecule has 2 atom stereocenters. The second kappa shape index (κ2) is 7.50. The highest BCUT2D eigenvalue weighted by Crippen LogP contribution is 2.46. The molecule has 0 amide bonds. The molecule has 1 aliphatic heterocycles. The average molecular weight is 429 g/mol. The second-order valence-electron chi connectivity index (χ2n) is 8.93. The molecule has 0 fully saturated rings. The number of anilines is 2. The van der Waals surface area contributed by atoms with Crippen molar-refractivity contribution in [2.24, 2.45) is 11.3 Å². The lowest BCUT2D eigenvalue weighted by atomic mass is 9.73. The summed E-state index contributed by atoms with van der Waals surface area (Å²) in [6.07, 6.45) is 2.70. The van der Waals surface area contributed by atoms with Gasteiger partial charge in [-0.05, 0) is 35.1 Å². The molecule has 2 aromatic carbocycles. The predicted octanol–water partition coefficient (Wildman–Crippen LogP) is 6.06. The SMILES string of the molecule is CC1(C)C=C2Nc3cc(C(=O)c4ccccc4)ccc3NC(c3cccs3)C2C(=O)C1. The summed E-state index contributed by atoms with van der Waals surface area (Å²) < 4.78 is 0. The molecular formula is C26H24N2O2S. The van der Waals surface area contributed by atoms with Crippen LogP contribution in [-0.4, -0.2) is 11.6 Å². The van der Waals surface area contributed by atoms with E-state index in [2.05, 4.69) is 36.6 Å². The molecule has 3 aromatic rings. The van der Waals surface area contributed by atoms with Crippen LogP contribution in [-0.2, 0) is 4.79 Å². The van der Waals surface area contributed by atoms with Crippen molar-refractivity contribution in [3.63, 3.8) is 0 Å². The number of benzene rings is 2. The van der Waals surface area contributed by atoms with Gasteiger partial charge in [0, 0.05) is 28.1 Å². The lowest BCUT2D eigenvalue weighted by Crippen LogP contribution is -2.36. The molecular weight excluding hydrogens is 404 g/mol. The molecule has 2 unspecified atom stereocenters. The van der Waals surface area contributed by atoms with E-state index in [0.29, 0.717) is 17.5 Å². The van der Waals surface area contributed by atoms with Crippen LogP contribution in [0.25, 0.3) is 0 Å². The zero-order chi connectivity index (χ0) is 21.6. The fraction of sp³-hybridized carbons (Fsp3) is 0.231. The minimum Gasteiger partial charge on any atom is -0.375 e. The smallest absolute Gasteiger partial charge is 0.193 e. The summed E-state index contributed by atoms with van der Waals surface area (Å²) in [5.74, 6) is -0.0727. The average Bonchev–Trinajstić information content (AvgIpc) is 3.22. The van der Waals surface area contributed by atoms with Crippen molar-refractivity contribution in [2.75, 3.05) is 10.6 Å². The number of rotatable bonds is 3. The maximum atomic E-state index is 13.2. The highest BCUT2D eigenvalue weighted by molar-refractivity contribution is 7.10. The van der Waals surface area contributed by atoms with Gasteiger partial charge in [-0.1, -0.05) is 56.3 Å². The van der Waals surface area contributed by atoms with Gasteiger partial charge in [0.15, 0.2) is 5.78 Å². The Morgan fingerprint density at radius 2 is 1.81 bits per heavy atom. The Labute approximate surface area is 186 Å². The standard InChI is InChI=1S/C26H24N2O2S/c1-26(2)14-20-23(21(29)15-26)24(22-9-6-12-31-22)28-18-11-10-17(13-19(18)27-20)25(30)16-7-4-3-5-8-16/h3-14,23-24,27-28H,15H2,1-2H3. The molecule has 0 saturated carbocycles. The first-order chi connectivity index (χ1) is 14.9. The number of hydrogen-bond acceptors (Lipinski definition) is 5. The number of nitrogens with one attached hydrogen (secondary N) is 2. The number of carbonyl (C=O) groups excluding carboxylic acids is 2. The number of thiophene rings is 1. The molecule has 0 saturated heterocycles. The summed E-state index contributed by atoms with van der Waals surface area (Å²) in [5.41, 5.74) is 3.69. The summed E-state index contributed by atoms with van der Waals surface area (Å²) in [6, 6.07) is 18.9. The van der Waals surface area contributed by atoms with Crippen molar-refractivity contribution < 1.29 is 9.59 Å². The van der Waals surface area contributed by atoms with E-state index in [4.69, 9.17) is 0 Å². The molecule has 1 aromatic heterocycles. The molecule has 0 radical (unpaired) electrons. The normalized spacial score (nSPS) is 21.6. The molecule has 5 rings (SSSR count). The lowest BCUT2D eigenvalue weighted by molar-refractivity contribution is -0.124. The summed E-state index contributed by atoms with van der Waals surface area (Å²) in [5, 5.41) is 9.16. The number of Topliss-reactive ketones (excluding diaryl/α,β-unsaturated/α-hetero) is 1. The fourth-order valence-corrected chi connectivity index (χ4v) is 5.37. The summed E-state index contributed by atoms with van der Waals surface area (Å²) in [4.78, 5) is 27.4. The molecule has 5 heteroatoms. The highest BCUT2D eigenvalue weighted by Gasteiger charge is 2.42. The van der Waals surface area contributed by atoms with Crippen LogP contribution in [0.15, 0.2) is 77.8 Å². The molecule has 156 valence electrons. The predicted molar refractivity (Wildman–Crippen MR) is 126 cm³/mol. The number of hydrogen-bond donors (Lipinski definition) is 2. The molecule has 0 spiro atoms. The van der Waals surface area contributed by atoms with Crippen LogP contribution in [0, 0.1) is 11.3 Å². The molecule has 2 heterocycles. The van der Waals surface area contributed by atoms with Gasteiger partial charge >= 0.3 is 0 Å². The third kappa shape index (κ3) is 3.70. The van der Waals surface area contributed by atoms with Gasteiger partial charge in [0.2, 0.25) is 0 Å². The fourth-order valence-electron chi connectivity index (χ4n) is 4.55. The Morgan fingerprint density at radius 1 is 1.00 bits per heavy atom. The van der Waals surface area contributed by atoms with Crippen LogP contribution < -0.4 is 10.6 Å². The second-order valence-corrected chi connectivity index (χ2v) is 9.91. The van der Waals surface area contributed by atoms with Crippen LogP contribution in [0.4, 0.5) is 11.4 Å². The van der Waals surface area contributed by atoms with Gasteiger partial charge < -0.3 is 10.6 Å². The zero-order valence-electron chi connectivity index (χ0n) is 17.5. The summed E-state index contributed by atoms with van der Waals surface area (Å²) in [7, 11) is 0. The minimum absolute atomic E-state index is 0.0187. The Kier molecular flexibility index (Phi) is 4.78. The first kappa shape index (κ1) is 19.8. The van der Waals surface area contributed by atoms with Crippen molar-refractivity contribution in [1.29, 1.82) is 0 Å². The molecule has 2 N–H and O–H groups in total. The Bertz CT molecular complexity index is 1180. The van der Waals surface area contributed by atoms with Crippen LogP contribution in [0.1, 0.15) is 47.1 Å². The Hall–Kier alpha value is -3.18. The first-order valence-corrected chi connectivity index (χ1v) is 11.4. The van der Waals surface area contributed by atoms with E-state index in [-0.39, 0.29) is 28.9 Å². The van der Waals surface area contributed by atoms with E-state index in [9.17, 15) is 9.59 Å². The summed E-state index contributed by atoms with van der Waals surface area (Å²) in [6.45, 7) is 4.18. The maximum Gasteiger partial charge on any atom is 0.193 e. The van der Waals surface area contributed by atoms with Gasteiger partial charge in [0.25, 0.3) is 0 Å². The molecule has 0 bridgehead atoms. The third-order valence-electron chi connectivity index (χ3n) is 5.95. The Morgan fingerprint density at radius 3 is 2.55 bits per heavy atom. The van der Waals surface area contributed by atoms with Gasteiger partial charge in [-0.25, -0.2) is 0 Å². The largest absolute Gasteiger partial charge is 0.375 e. The first-order valence-electron chi connectivity index (χ1n) is 10.5. The van der Waals surface area contributed by atoms with E-state index >= 15 is 0 Å². The van der Waals surface area contributed by atoms with Crippen molar-refractivity contribution >= 4 is 34.3 Å². The van der Waals surface area contributed by atoms with E-state index in [1.54, 1.807) is 11.3 Å². The molecule has 2 aliphatic rings. The lowest BCUT2D eigenvalue weighted by Gasteiger charge is -2.35. The van der Waals surface area contributed by atoms with Gasteiger partial charge in [0.1, 0.15) is 5.78 Å². The van der Waals surface area contributed by atoms with Crippen molar-refractivity contribution in [1.82, 2.24) is 0 Å². The van der Waals surface area contributed by atoms with Crippen LogP contribution >= 0.6 is 11.3 Å². The number of fused-ring (bicyclic) bond motifs is 2. The van der Waals surface area contributed by atoms with Crippen molar-refractivity contribution in [3.8, 4) is 0 Å². The number of carbonyl (C=O) groups is 2. The van der Waals surface area contributed by atoms with Crippen LogP contribution in [0.5, 0.6) is 0 Å². The van der Waals surface area contributed by atoms with Gasteiger partial charge in [-0.15, -0.1) is 11.3 Å². The Balaban J connectivity index is 1.60. The zero-order valence-corrected chi connectivity index (χ0v) is 18.3. The molecule has 4 nitrogen and oxygen atoms in total. The van der Waals surface area contributed by atoms with Gasteiger partial charge in [0.05, 0.1) is 23.3 Å². The summed E-state index contributed by atoms with van der Waals surface area (Å²) >= 11 is 1.65. The van der Waals surface area contributed by atoms with Crippen molar-refractivity contribution in [2.45, 2.75) is 26.3 Å². The van der Waals surface area contributed by atoms with E-state index < -0.39 is 0 Å². The van der Waals surface area contributed by atoms with Crippen LogP contribution in [0.2, 0.25) is 0 Å². The highest BCUT2D eigenvalue weighted by atomic mass is 32.1. The van der Waals surface area contributed by atoms with Crippen LogP contribution in [0.3, 0.4) is 0 Å². The number of ketones is 2. The van der Waals surface area contributed by atoms with Gasteiger partial charge in [-0.2, -0.15) is 0 Å². The third-order valence-corrected chi connectivity index (χ3v) is 6.90. The van der Waals surface area contributed by atoms with Crippen molar-refractivity contribution in [3.05, 3.63) is 93.8 Å². The minimum atomic E-state index is -0.285. The topological polar surface area (TPSA) is 58.2 Å². The maximum absolute atomic E-state index is 13.2. The molecule has 31 heavy (non-hydrogen) atoms. The monoisotopic (exact) mass is 428 g/mol. The van der Waals surface area contributed by atoms with Gasteiger partial charge in [-0.3, -0.25) is 9.59 Å².